The van der Waals surface area contributed by atoms with E-state index in [0.717, 1.165) is 0 Å². The Bertz CT molecular complexity index is 84.0. The van der Waals surface area contributed by atoms with E-state index in [4.69, 9.17) is 8.76 Å². The van der Waals surface area contributed by atoms with E-state index in [1.807, 2.05) is 0 Å². The van der Waals surface area contributed by atoms with Crippen LogP contribution in [0.25, 0.3) is 0 Å². The summed E-state index contributed by atoms with van der Waals surface area (Å²) in [5, 5.41) is 1.44. The maximum atomic E-state index is 9.13. The van der Waals surface area contributed by atoms with E-state index >= 15 is 0 Å². The average Bonchev–Trinajstić information content (AvgIpc) is 1.38. The summed E-state index contributed by atoms with van der Waals surface area (Å²) in [5.74, 6) is 0. The van der Waals surface area contributed by atoms with Crippen molar-refractivity contribution >= 4 is 11.1 Å². The maximum Gasteiger partial charge on any atom is 0.0244 e. The van der Waals surface area contributed by atoms with Crippen molar-refractivity contribution in [3.05, 3.63) is 0 Å². The number of terminal acetylenes is 1. The summed E-state index contributed by atoms with van der Waals surface area (Å²) in [7, 11) is 0. The standard InChI is InChI=1S/C2H2O2S.Y/c1-2-5(3)4;/h1H,(H,3,4);/p-1. The van der Waals surface area contributed by atoms with E-state index in [0.29, 0.717) is 0 Å². The normalized spacial score (nSPS) is 10.7. The molecule has 0 spiro atoms. The van der Waals surface area contributed by atoms with Crippen LogP contribution in [0.2, 0.25) is 0 Å². The zero-order valence-electron chi connectivity index (χ0n) is 2.88. The molecular weight excluding hydrogens is 177 g/mol. The maximum absolute atomic E-state index is 9.13. The summed E-state index contributed by atoms with van der Waals surface area (Å²) < 4.78 is 18.3. The first-order chi connectivity index (χ1) is 2.27. The van der Waals surface area contributed by atoms with E-state index in [9.17, 15) is 0 Å². The van der Waals surface area contributed by atoms with Crippen LogP contribution in [0.15, 0.2) is 0 Å². The van der Waals surface area contributed by atoms with Crippen molar-refractivity contribution in [1.29, 1.82) is 0 Å². The van der Waals surface area contributed by atoms with E-state index in [1.54, 1.807) is 0 Å². The molecule has 1 unspecified atom stereocenters. The van der Waals surface area contributed by atoms with Gasteiger partial charge in [-0.05, 0) is 5.25 Å². The van der Waals surface area contributed by atoms with Crippen LogP contribution >= 0.6 is 0 Å². The Morgan fingerprint density at radius 1 is 1.83 bits per heavy atom. The summed E-state index contributed by atoms with van der Waals surface area (Å²) in [6.45, 7) is 0. The molecule has 0 aromatic carbocycles. The fourth-order valence-corrected chi connectivity index (χ4v) is 0. The number of hydrogen-bond donors (Lipinski definition) is 0. The first-order valence-corrected chi connectivity index (χ1v) is 1.90. The van der Waals surface area contributed by atoms with Crippen molar-refractivity contribution in [2.24, 2.45) is 0 Å². The van der Waals surface area contributed by atoms with Gasteiger partial charge in [0, 0.05) is 43.8 Å². The van der Waals surface area contributed by atoms with Crippen LogP contribution in [0.4, 0.5) is 0 Å². The number of hydrogen-bond acceptors (Lipinski definition) is 2. The molecule has 0 rings (SSSR count). The predicted octanol–water partition coefficient (Wildman–Crippen LogP) is -0.546. The topological polar surface area (TPSA) is 40.1 Å². The minimum absolute atomic E-state index is 0. The third-order valence-electron chi connectivity index (χ3n) is 0.0962. The van der Waals surface area contributed by atoms with Gasteiger partial charge in [0.15, 0.2) is 0 Å². The Morgan fingerprint density at radius 2 is 2.00 bits per heavy atom. The van der Waals surface area contributed by atoms with Crippen molar-refractivity contribution in [3.8, 4) is 11.7 Å². The van der Waals surface area contributed by atoms with Crippen LogP contribution in [0.3, 0.4) is 0 Å². The zero-order chi connectivity index (χ0) is 4.28. The Kier molecular flexibility index (Phi) is 9.54. The van der Waals surface area contributed by atoms with Crippen LogP contribution in [0.5, 0.6) is 0 Å². The minimum atomic E-state index is -2.29. The van der Waals surface area contributed by atoms with Gasteiger partial charge in [-0.2, -0.15) is 0 Å². The molecule has 0 fully saturated rings. The van der Waals surface area contributed by atoms with Gasteiger partial charge in [-0.3, -0.25) is 4.21 Å². The zero-order valence-corrected chi connectivity index (χ0v) is 6.53. The molecule has 6 heavy (non-hydrogen) atoms. The van der Waals surface area contributed by atoms with Gasteiger partial charge in [-0.25, -0.2) is 0 Å². The van der Waals surface area contributed by atoms with Crippen molar-refractivity contribution in [1.82, 2.24) is 0 Å². The van der Waals surface area contributed by atoms with Gasteiger partial charge in [-0.1, -0.05) is 0 Å². The summed E-state index contributed by atoms with van der Waals surface area (Å²) in [6.07, 6.45) is 4.31. The Hall–Kier alpha value is 0.774. The van der Waals surface area contributed by atoms with Gasteiger partial charge in [0.2, 0.25) is 0 Å². The van der Waals surface area contributed by atoms with Gasteiger partial charge in [0.25, 0.3) is 0 Å². The predicted molar refractivity (Wildman–Crippen MR) is 17.8 cm³/mol. The van der Waals surface area contributed by atoms with Crippen LogP contribution in [-0.4, -0.2) is 8.76 Å². The monoisotopic (exact) mass is 178 g/mol. The second kappa shape index (κ2) is 5.77. The van der Waals surface area contributed by atoms with Crippen LogP contribution in [-0.2, 0) is 43.8 Å². The first-order valence-electron chi connectivity index (χ1n) is 0.826. The quantitative estimate of drug-likeness (QED) is 0.369. The van der Waals surface area contributed by atoms with Crippen LogP contribution < -0.4 is 0 Å². The van der Waals surface area contributed by atoms with Crippen molar-refractivity contribution in [2.75, 3.05) is 0 Å². The van der Waals surface area contributed by atoms with E-state index in [1.165, 1.54) is 5.25 Å². The second-order valence-electron chi connectivity index (χ2n) is 0.353. The summed E-state index contributed by atoms with van der Waals surface area (Å²) in [4.78, 5) is 0. The summed E-state index contributed by atoms with van der Waals surface area (Å²) in [6, 6.07) is 0. The van der Waals surface area contributed by atoms with Gasteiger partial charge < -0.3 is 4.55 Å². The Labute approximate surface area is 63.9 Å². The van der Waals surface area contributed by atoms with E-state index in [-0.39, 0.29) is 32.7 Å². The smallest absolute Gasteiger partial charge is 0.0244 e. The molecule has 2 nitrogen and oxygen atoms in total. The minimum Gasteiger partial charge on any atom is -0.762 e. The summed E-state index contributed by atoms with van der Waals surface area (Å²) in [5.41, 5.74) is 0. The van der Waals surface area contributed by atoms with Crippen molar-refractivity contribution in [3.63, 3.8) is 0 Å². The molecule has 0 saturated carbocycles. The Morgan fingerprint density at radius 3 is 2.00 bits per heavy atom. The van der Waals surface area contributed by atoms with Gasteiger partial charge in [0.1, 0.15) is 0 Å². The molecule has 0 saturated heterocycles. The third kappa shape index (κ3) is 8.84. The number of rotatable bonds is 0. The first kappa shape index (κ1) is 9.91. The molecule has 0 aliphatic carbocycles. The third-order valence-corrected chi connectivity index (χ3v) is 0.289. The molecule has 0 aromatic heterocycles. The molecular formula is C2HO2SY-. The molecule has 0 amide bonds. The SMILES string of the molecule is C#CS(=O)[O-].[Y]. The second-order valence-corrected chi connectivity index (χ2v) is 1.06. The molecule has 0 N–H and O–H groups in total. The molecule has 1 radical (unpaired) electrons. The van der Waals surface area contributed by atoms with Crippen LogP contribution in [0.1, 0.15) is 0 Å². The Balaban J connectivity index is 0. The van der Waals surface area contributed by atoms with E-state index in [2.05, 4.69) is 6.42 Å². The van der Waals surface area contributed by atoms with E-state index < -0.39 is 11.1 Å². The molecule has 0 heterocycles. The molecule has 0 aliphatic rings. The van der Waals surface area contributed by atoms with Crippen LogP contribution in [0, 0.1) is 11.7 Å². The molecule has 0 bridgehead atoms. The van der Waals surface area contributed by atoms with Crippen molar-refractivity contribution in [2.45, 2.75) is 0 Å². The summed E-state index contributed by atoms with van der Waals surface area (Å²) >= 11 is -2.29. The van der Waals surface area contributed by atoms with Gasteiger partial charge in [-0.15, -0.1) is 6.42 Å². The fraction of sp³-hybridized carbons (Fsp3) is 0. The molecule has 1 atom stereocenters. The van der Waals surface area contributed by atoms with Crippen molar-refractivity contribution < 1.29 is 41.5 Å². The fourth-order valence-electron chi connectivity index (χ4n) is 0. The molecule has 0 aliphatic heterocycles. The molecule has 4 heteroatoms. The van der Waals surface area contributed by atoms with Gasteiger partial charge in [0.05, 0.1) is 0 Å². The molecule has 0 aromatic rings. The molecule has 31 valence electrons. The van der Waals surface area contributed by atoms with Gasteiger partial charge >= 0.3 is 0 Å². The average molecular weight is 178 g/mol. The largest absolute Gasteiger partial charge is 0.762 e.